The largest absolute Gasteiger partial charge is 0.481 e. The van der Waals surface area contributed by atoms with Crippen LogP contribution in [-0.2, 0) is 6.42 Å². The third kappa shape index (κ3) is 2.32. The Labute approximate surface area is 98.4 Å². The fourth-order valence-corrected chi connectivity index (χ4v) is 2.19. The molecule has 0 aromatic carbocycles. The topological polar surface area (TPSA) is 34.2 Å². The molecule has 1 aliphatic rings. The summed E-state index contributed by atoms with van der Waals surface area (Å²) in [7, 11) is 3.68. The summed E-state index contributed by atoms with van der Waals surface area (Å²) in [6, 6.07) is 2.09. The van der Waals surface area contributed by atoms with E-state index in [1.807, 2.05) is 7.05 Å². The van der Waals surface area contributed by atoms with Gasteiger partial charge in [0.15, 0.2) is 0 Å². The number of likely N-dealkylation sites (N-methyl/N-ethyl adjacent to an activating group) is 1. The highest BCUT2D eigenvalue weighted by Gasteiger charge is 2.41. The van der Waals surface area contributed by atoms with E-state index in [1.165, 1.54) is 18.4 Å². The monoisotopic (exact) mass is 270 g/mol. The van der Waals surface area contributed by atoms with Crippen LogP contribution in [0.4, 0.5) is 0 Å². The maximum Gasteiger partial charge on any atom is 0.216 e. The number of pyridine rings is 1. The van der Waals surface area contributed by atoms with Crippen LogP contribution >= 0.6 is 15.9 Å². The van der Waals surface area contributed by atoms with E-state index in [1.54, 1.807) is 13.3 Å². The van der Waals surface area contributed by atoms with Gasteiger partial charge in [-0.1, -0.05) is 0 Å². The molecule has 4 heteroatoms. The van der Waals surface area contributed by atoms with E-state index < -0.39 is 0 Å². The molecule has 82 valence electrons. The van der Waals surface area contributed by atoms with Crippen LogP contribution in [0.3, 0.4) is 0 Å². The van der Waals surface area contributed by atoms with Gasteiger partial charge in [-0.3, -0.25) is 0 Å². The molecule has 3 nitrogen and oxygen atoms in total. The molecule has 1 aliphatic carbocycles. The molecule has 0 saturated heterocycles. The first-order valence-electron chi connectivity index (χ1n) is 5.06. The molecule has 1 saturated carbocycles. The van der Waals surface area contributed by atoms with Crippen molar-refractivity contribution in [2.75, 3.05) is 14.2 Å². The number of nitrogens with zero attached hydrogens (tertiary/aromatic N) is 1. The summed E-state index contributed by atoms with van der Waals surface area (Å²) < 4.78 is 6.26. The van der Waals surface area contributed by atoms with E-state index in [9.17, 15) is 0 Å². The normalized spacial score (nSPS) is 17.5. The van der Waals surface area contributed by atoms with Crippen LogP contribution in [0.2, 0.25) is 0 Å². The predicted octanol–water partition coefficient (Wildman–Crippen LogP) is 2.15. The molecule has 0 spiro atoms. The Bertz CT molecular complexity index is 364. The van der Waals surface area contributed by atoms with Gasteiger partial charge in [-0.25, -0.2) is 4.98 Å². The quantitative estimate of drug-likeness (QED) is 0.911. The standard InChI is InChI=1S/C11H15BrN2O/c1-13-11(3-4-11)6-8-5-9(12)7-14-10(8)15-2/h5,7,13H,3-4,6H2,1-2H3. The number of hydrogen-bond donors (Lipinski definition) is 1. The summed E-state index contributed by atoms with van der Waals surface area (Å²) in [5.74, 6) is 0.736. The highest BCUT2D eigenvalue weighted by Crippen LogP contribution is 2.39. The Morgan fingerprint density at radius 1 is 1.60 bits per heavy atom. The van der Waals surface area contributed by atoms with Gasteiger partial charge in [-0.15, -0.1) is 0 Å². The number of rotatable bonds is 4. The lowest BCUT2D eigenvalue weighted by atomic mass is 10.1. The van der Waals surface area contributed by atoms with Crippen molar-refractivity contribution in [3.63, 3.8) is 0 Å². The van der Waals surface area contributed by atoms with Crippen molar-refractivity contribution < 1.29 is 4.74 Å². The highest BCUT2D eigenvalue weighted by molar-refractivity contribution is 9.10. The van der Waals surface area contributed by atoms with Crippen LogP contribution in [0.15, 0.2) is 16.7 Å². The lowest BCUT2D eigenvalue weighted by Crippen LogP contribution is -2.29. The molecule has 0 unspecified atom stereocenters. The number of nitrogens with one attached hydrogen (secondary N) is 1. The summed E-state index contributed by atoms with van der Waals surface area (Å²) >= 11 is 3.44. The van der Waals surface area contributed by atoms with Crippen molar-refractivity contribution in [3.05, 3.63) is 22.3 Å². The Morgan fingerprint density at radius 3 is 2.87 bits per heavy atom. The van der Waals surface area contributed by atoms with Crippen LogP contribution in [0.25, 0.3) is 0 Å². The zero-order valence-electron chi connectivity index (χ0n) is 9.01. The molecule has 1 heterocycles. The third-order valence-electron chi connectivity index (χ3n) is 3.00. The molecule has 1 aromatic heterocycles. The maximum absolute atomic E-state index is 5.26. The number of aromatic nitrogens is 1. The van der Waals surface area contributed by atoms with Gasteiger partial charge in [-0.2, -0.15) is 0 Å². The molecule has 0 radical (unpaired) electrons. The summed E-state index contributed by atoms with van der Waals surface area (Å²) in [4.78, 5) is 4.25. The zero-order chi connectivity index (χ0) is 10.9. The number of halogens is 1. The summed E-state index contributed by atoms with van der Waals surface area (Å²) in [6.45, 7) is 0. The van der Waals surface area contributed by atoms with Crippen LogP contribution in [0.5, 0.6) is 5.88 Å². The fourth-order valence-electron chi connectivity index (χ4n) is 1.81. The average Bonchev–Trinajstić information content (AvgIpc) is 2.99. The second-order valence-corrected chi connectivity index (χ2v) is 4.94. The van der Waals surface area contributed by atoms with Crippen LogP contribution in [-0.4, -0.2) is 24.7 Å². The second-order valence-electron chi connectivity index (χ2n) is 4.03. The van der Waals surface area contributed by atoms with E-state index in [0.29, 0.717) is 0 Å². The Morgan fingerprint density at radius 2 is 2.33 bits per heavy atom. The SMILES string of the molecule is CNC1(Cc2cc(Br)cnc2OC)CC1. The highest BCUT2D eigenvalue weighted by atomic mass is 79.9. The van der Waals surface area contributed by atoms with Crippen molar-refractivity contribution in [3.8, 4) is 5.88 Å². The molecule has 0 aliphatic heterocycles. The van der Waals surface area contributed by atoms with Crippen molar-refractivity contribution in [1.29, 1.82) is 0 Å². The predicted molar refractivity (Wildman–Crippen MR) is 63.2 cm³/mol. The van der Waals surface area contributed by atoms with Gasteiger partial charge in [0, 0.05) is 21.8 Å². The molecule has 2 rings (SSSR count). The van der Waals surface area contributed by atoms with Gasteiger partial charge in [0.05, 0.1) is 7.11 Å². The van der Waals surface area contributed by atoms with Gasteiger partial charge in [0.25, 0.3) is 0 Å². The number of methoxy groups -OCH3 is 1. The van der Waals surface area contributed by atoms with E-state index in [-0.39, 0.29) is 5.54 Å². The Hall–Kier alpha value is -0.610. The maximum atomic E-state index is 5.26. The van der Waals surface area contributed by atoms with Crippen LogP contribution < -0.4 is 10.1 Å². The molecular weight excluding hydrogens is 256 g/mol. The van der Waals surface area contributed by atoms with E-state index >= 15 is 0 Å². The van der Waals surface area contributed by atoms with Gasteiger partial charge in [0.2, 0.25) is 5.88 Å². The van der Waals surface area contributed by atoms with Gasteiger partial charge < -0.3 is 10.1 Å². The summed E-state index contributed by atoms with van der Waals surface area (Å²) in [6.07, 6.45) is 5.22. The Balaban J connectivity index is 2.22. The average molecular weight is 271 g/mol. The third-order valence-corrected chi connectivity index (χ3v) is 3.43. The second kappa shape index (κ2) is 4.10. The molecule has 0 atom stereocenters. The molecular formula is C11H15BrN2O. The minimum absolute atomic E-state index is 0.287. The lowest BCUT2D eigenvalue weighted by Gasteiger charge is -2.15. The van der Waals surface area contributed by atoms with Crippen molar-refractivity contribution in [2.24, 2.45) is 0 Å². The van der Waals surface area contributed by atoms with Crippen LogP contribution in [0.1, 0.15) is 18.4 Å². The van der Waals surface area contributed by atoms with Gasteiger partial charge in [-0.05, 0) is 48.3 Å². The minimum Gasteiger partial charge on any atom is -0.481 e. The van der Waals surface area contributed by atoms with Crippen molar-refractivity contribution >= 4 is 15.9 Å². The summed E-state index contributed by atoms with van der Waals surface area (Å²) in [5.41, 5.74) is 1.45. The Kier molecular flexibility index (Phi) is 2.98. The molecule has 1 fully saturated rings. The lowest BCUT2D eigenvalue weighted by molar-refractivity contribution is 0.388. The van der Waals surface area contributed by atoms with Crippen molar-refractivity contribution in [2.45, 2.75) is 24.8 Å². The minimum atomic E-state index is 0.287. The molecule has 1 aromatic rings. The van der Waals surface area contributed by atoms with Gasteiger partial charge in [0.1, 0.15) is 0 Å². The van der Waals surface area contributed by atoms with Crippen molar-refractivity contribution in [1.82, 2.24) is 10.3 Å². The van der Waals surface area contributed by atoms with E-state index in [4.69, 9.17) is 4.74 Å². The molecule has 0 amide bonds. The first kappa shape index (κ1) is 10.9. The molecule has 0 bridgehead atoms. The van der Waals surface area contributed by atoms with E-state index in [0.717, 1.165) is 16.8 Å². The first-order chi connectivity index (χ1) is 7.19. The number of ether oxygens (including phenoxy) is 1. The fraction of sp³-hybridized carbons (Fsp3) is 0.545. The first-order valence-corrected chi connectivity index (χ1v) is 5.86. The van der Waals surface area contributed by atoms with Crippen LogP contribution in [0, 0.1) is 0 Å². The van der Waals surface area contributed by atoms with Gasteiger partial charge >= 0.3 is 0 Å². The summed E-state index contributed by atoms with van der Waals surface area (Å²) in [5, 5.41) is 3.37. The van der Waals surface area contributed by atoms with E-state index in [2.05, 4.69) is 32.3 Å². The number of hydrogen-bond acceptors (Lipinski definition) is 3. The zero-order valence-corrected chi connectivity index (χ0v) is 10.6. The smallest absolute Gasteiger partial charge is 0.216 e. The molecule has 15 heavy (non-hydrogen) atoms. The molecule has 1 N–H and O–H groups in total.